The SMILES string of the molecule is CC1Oc2ccc(NC(=O)CC(c3ccccc3)c3ccccc3)cc2N(CCN2CCOCC2)C1=O. The third-order valence-electron chi connectivity index (χ3n) is 6.99. The van der Waals surface area contributed by atoms with Crippen LogP contribution in [0.15, 0.2) is 78.9 Å². The van der Waals surface area contributed by atoms with E-state index in [2.05, 4.69) is 34.5 Å². The normalized spacial score (nSPS) is 17.8. The van der Waals surface area contributed by atoms with Crippen LogP contribution in [0.1, 0.15) is 30.4 Å². The Balaban J connectivity index is 1.32. The summed E-state index contributed by atoms with van der Waals surface area (Å²) in [5, 5.41) is 3.05. The van der Waals surface area contributed by atoms with Gasteiger partial charge in [0.2, 0.25) is 5.91 Å². The molecular weight excluding hydrogens is 466 g/mol. The number of benzene rings is 3. The molecule has 1 N–H and O–H groups in total. The van der Waals surface area contributed by atoms with Gasteiger partial charge >= 0.3 is 0 Å². The number of nitrogens with one attached hydrogen (secondary N) is 1. The zero-order valence-corrected chi connectivity index (χ0v) is 21.1. The highest BCUT2D eigenvalue weighted by Crippen LogP contribution is 2.37. The predicted octanol–water partition coefficient (Wildman–Crippen LogP) is 4.29. The van der Waals surface area contributed by atoms with Crippen molar-refractivity contribution in [3.8, 4) is 5.75 Å². The molecular formula is C30H33N3O4. The number of ether oxygens (including phenoxy) is 2. The second-order valence-electron chi connectivity index (χ2n) is 9.51. The number of carbonyl (C=O) groups is 2. The van der Waals surface area contributed by atoms with Gasteiger partial charge in [-0.1, -0.05) is 60.7 Å². The van der Waals surface area contributed by atoms with Gasteiger partial charge in [0.05, 0.1) is 18.9 Å². The van der Waals surface area contributed by atoms with Gasteiger partial charge in [0, 0.05) is 44.2 Å². The first kappa shape index (κ1) is 25.0. The van der Waals surface area contributed by atoms with Gasteiger partial charge in [0.25, 0.3) is 5.91 Å². The molecule has 2 aliphatic rings. The standard InChI is InChI=1S/C30H33N3O4/c1-22-30(35)33(15-14-32-16-18-36-19-17-32)27-20-25(12-13-28(27)37-22)31-29(34)21-26(23-8-4-2-5-9-23)24-10-6-3-7-11-24/h2-13,20,22,26H,14-19,21H2,1H3,(H,31,34). The van der Waals surface area contributed by atoms with Crippen LogP contribution in [0.5, 0.6) is 5.75 Å². The van der Waals surface area contributed by atoms with Gasteiger partial charge in [0.15, 0.2) is 6.10 Å². The summed E-state index contributed by atoms with van der Waals surface area (Å²) >= 11 is 0. The number of hydrogen-bond acceptors (Lipinski definition) is 5. The second-order valence-corrected chi connectivity index (χ2v) is 9.51. The zero-order chi connectivity index (χ0) is 25.6. The van der Waals surface area contributed by atoms with E-state index >= 15 is 0 Å². The highest BCUT2D eigenvalue weighted by molar-refractivity contribution is 6.01. The number of nitrogens with zero attached hydrogens (tertiary/aromatic N) is 2. The molecule has 7 nitrogen and oxygen atoms in total. The van der Waals surface area contributed by atoms with Gasteiger partial charge in [-0.2, -0.15) is 0 Å². The molecule has 1 saturated heterocycles. The molecule has 37 heavy (non-hydrogen) atoms. The lowest BCUT2D eigenvalue weighted by Crippen LogP contribution is -2.48. The molecule has 3 aromatic carbocycles. The third-order valence-corrected chi connectivity index (χ3v) is 6.99. The molecule has 1 unspecified atom stereocenters. The van der Waals surface area contributed by atoms with Crippen molar-refractivity contribution in [1.82, 2.24) is 4.90 Å². The predicted molar refractivity (Wildman–Crippen MR) is 144 cm³/mol. The fraction of sp³-hybridized carbons (Fsp3) is 0.333. The molecule has 0 saturated carbocycles. The molecule has 1 fully saturated rings. The van der Waals surface area contributed by atoms with Crippen LogP contribution in [-0.2, 0) is 14.3 Å². The van der Waals surface area contributed by atoms with E-state index in [4.69, 9.17) is 9.47 Å². The Morgan fingerprint density at radius 2 is 1.59 bits per heavy atom. The number of hydrogen-bond donors (Lipinski definition) is 1. The first-order chi connectivity index (χ1) is 18.1. The van der Waals surface area contributed by atoms with Crippen LogP contribution in [0, 0.1) is 0 Å². The largest absolute Gasteiger partial charge is 0.479 e. The maximum Gasteiger partial charge on any atom is 0.267 e. The molecule has 0 aliphatic carbocycles. The Labute approximate surface area is 218 Å². The maximum atomic E-state index is 13.2. The van der Waals surface area contributed by atoms with Crippen LogP contribution in [0.3, 0.4) is 0 Å². The minimum Gasteiger partial charge on any atom is -0.479 e. The maximum absolute atomic E-state index is 13.2. The van der Waals surface area contributed by atoms with Gasteiger partial charge < -0.3 is 19.7 Å². The fourth-order valence-corrected chi connectivity index (χ4v) is 4.98. The summed E-state index contributed by atoms with van der Waals surface area (Å²) in [6.45, 7) is 6.24. The molecule has 1 atom stereocenters. The zero-order valence-electron chi connectivity index (χ0n) is 21.1. The number of rotatable bonds is 8. The van der Waals surface area contributed by atoms with E-state index in [9.17, 15) is 9.59 Å². The van der Waals surface area contributed by atoms with E-state index in [1.165, 1.54) is 0 Å². The molecule has 7 heteroatoms. The lowest BCUT2D eigenvalue weighted by molar-refractivity contribution is -0.125. The number of carbonyl (C=O) groups excluding carboxylic acids is 2. The minimum absolute atomic E-state index is 0.0594. The molecule has 5 rings (SSSR count). The Kier molecular flexibility index (Phi) is 7.82. The van der Waals surface area contributed by atoms with Crippen molar-refractivity contribution in [2.24, 2.45) is 0 Å². The molecule has 0 bridgehead atoms. The summed E-state index contributed by atoms with van der Waals surface area (Å²) in [6, 6.07) is 25.7. The number of fused-ring (bicyclic) bond motifs is 1. The van der Waals surface area contributed by atoms with Crippen molar-refractivity contribution in [2.75, 3.05) is 49.6 Å². The van der Waals surface area contributed by atoms with Crippen molar-refractivity contribution in [3.05, 3.63) is 90.0 Å². The monoisotopic (exact) mass is 499 g/mol. The van der Waals surface area contributed by atoms with Crippen LogP contribution in [-0.4, -0.2) is 62.2 Å². The van der Waals surface area contributed by atoms with Crippen molar-refractivity contribution < 1.29 is 19.1 Å². The van der Waals surface area contributed by atoms with Crippen LogP contribution >= 0.6 is 0 Å². The average Bonchev–Trinajstić information content (AvgIpc) is 2.94. The summed E-state index contributed by atoms with van der Waals surface area (Å²) in [5.41, 5.74) is 3.52. The van der Waals surface area contributed by atoms with E-state index in [1.807, 2.05) is 54.6 Å². The first-order valence-electron chi connectivity index (χ1n) is 12.9. The van der Waals surface area contributed by atoms with E-state index < -0.39 is 6.10 Å². The lowest BCUT2D eigenvalue weighted by atomic mass is 9.88. The molecule has 0 aromatic heterocycles. The number of anilines is 2. The molecule has 3 aromatic rings. The van der Waals surface area contributed by atoms with E-state index in [0.29, 0.717) is 43.3 Å². The Morgan fingerprint density at radius 1 is 0.946 bits per heavy atom. The molecule has 0 radical (unpaired) electrons. The lowest BCUT2D eigenvalue weighted by Gasteiger charge is -2.35. The van der Waals surface area contributed by atoms with Gasteiger partial charge in [-0.05, 0) is 36.2 Å². The van der Waals surface area contributed by atoms with Crippen LogP contribution in [0.25, 0.3) is 0 Å². The van der Waals surface area contributed by atoms with Gasteiger partial charge in [-0.15, -0.1) is 0 Å². The summed E-state index contributed by atoms with van der Waals surface area (Å²) in [7, 11) is 0. The van der Waals surface area contributed by atoms with E-state index in [1.54, 1.807) is 11.8 Å². The average molecular weight is 500 g/mol. The molecule has 0 spiro atoms. The van der Waals surface area contributed by atoms with E-state index in [-0.39, 0.29) is 17.7 Å². The van der Waals surface area contributed by atoms with Crippen molar-refractivity contribution in [1.29, 1.82) is 0 Å². The quantitative estimate of drug-likeness (QED) is 0.501. The number of amides is 2. The highest BCUT2D eigenvalue weighted by atomic mass is 16.5. The minimum atomic E-state index is -0.546. The van der Waals surface area contributed by atoms with E-state index in [0.717, 1.165) is 30.8 Å². The Morgan fingerprint density at radius 3 is 2.24 bits per heavy atom. The smallest absolute Gasteiger partial charge is 0.267 e. The van der Waals surface area contributed by atoms with Crippen LogP contribution in [0.2, 0.25) is 0 Å². The highest BCUT2D eigenvalue weighted by Gasteiger charge is 2.32. The summed E-state index contributed by atoms with van der Waals surface area (Å²) in [6.07, 6.45) is -0.242. The Bertz CT molecular complexity index is 1170. The fourth-order valence-electron chi connectivity index (χ4n) is 4.98. The van der Waals surface area contributed by atoms with Crippen LogP contribution < -0.4 is 15.0 Å². The van der Waals surface area contributed by atoms with Crippen LogP contribution in [0.4, 0.5) is 11.4 Å². The topological polar surface area (TPSA) is 71.1 Å². The van der Waals surface area contributed by atoms with Gasteiger partial charge in [0.1, 0.15) is 5.75 Å². The molecule has 192 valence electrons. The number of morpholine rings is 1. The van der Waals surface area contributed by atoms with Gasteiger partial charge in [-0.25, -0.2) is 0 Å². The molecule has 2 amide bonds. The Hall–Kier alpha value is -3.68. The van der Waals surface area contributed by atoms with Crippen molar-refractivity contribution >= 4 is 23.2 Å². The molecule has 2 aliphatic heterocycles. The summed E-state index contributed by atoms with van der Waals surface area (Å²) in [5.74, 6) is 0.431. The molecule has 2 heterocycles. The third kappa shape index (κ3) is 6.01. The first-order valence-corrected chi connectivity index (χ1v) is 12.9. The van der Waals surface area contributed by atoms with Crippen molar-refractivity contribution in [2.45, 2.75) is 25.4 Å². The van der Waals surface area contributed by atoms with Gasteiger partial charge in [-0.3, -0.25) is 14.5 Å². The second kappa shape index (κ2) is 11.6. The summed E-state index contributed by atoms with van der Waals surface area (Å²) < 4.78 is 11.3. The summed E-state index contributed by atoms with van der Waals surface area (Å²) in [4.78, 5) is 30.3. The van der Waals surface area contributed by atoms with Crippen molar-refractivity contribution in [3.63, 3.8) is 0 Å².